The van der Waals surface area contributed by atoms with Crippen LogP contribution in [0.25, 0.3) is 0 Å². The number of aromatic nitrogens is 2. The highest BCUT2D eigenvalue weighted by Crippen LogP contribution is 2.37. The summed E-state index contributed by atoms with van der Waals surface area (Å²) in [6.07, 6.45) is 3.76. The van der Waals surface area contributed by atoms with E-state index in [1.807, 2.05) is 12.1 Å². The largest absolute Gasteiger partial charge is 0.477 e. The number of fused-ring (bicyclic) bond motifs is 1. The zero-order valence-corrected chi connectivity index (χ0v) is 13.4. The minimum absolute atomic E-state index is 0.282. The molecule has 0 bridgehead atoms. The van der Waals surface area contributed by atoms with Crippen LogP contribution in [0.2, 0.25) is 5.02 Å². The number of benzene rings is 1. The van der Waals surface area contributed by atoms with Crippen molar-refractivity contribution in [2.75, 3.05) is 11.9 Å². The molecule has 2 aliphatic rings. The summed E-state index contributed by atoms with van der Waals surface area (Å²) in [6, 6.07) is 5.80. The van der Waals surface area contributed by atoms with Crippen LogP contribution in [0.3, 0.4) is 0 Å². The summed E-state index contributed by atoms with van der Waals surface area (Å²) in [6.45, 7) is 0.574. The Balaban J connectivity index is 1.48. The molecule has 0 spiro atoms. The van der Waals surface area contributed by atoms with Gasteiger partial charge in [0.15, 0.2) is 6.10 Å². The van der Waals surface area contributed by atoms with Gasteiger partial charge >= 0.3 is 0 Å². The molecule has 1 aromatic heterocycles. The SMILES string of the molecule is NC1CCC(c2nnc(C3CNc4cc(Cl)ccc4O3)o2)CC1. The topological polar surface area (TPSA) is 86.2 Å². The lowest BCUT2D eigenvalue weighted by molar-refractivity contribution is 0.169. The maximum Gasteiger partial charge on any atom is 0.258 e. The van der Waals surface area contributed by atoms with Crippen LogP contribution >= 0.6 is 11.6 Å². The second kappa shape index (κ2) is 6.02. The Bertz CT molecular complexity index is 697. The number of ether oxygens (including phenoxy) is 1. The lowest BCUT2D eigenvalue weighted by Gasteiger charge is -2.25. The summed E-state index contributed by atoms with van der Waals surface area (Å²) in [5.74, 6) is 2.29. The van der Waals surface area contributed by atoms with Gasteiger partial charge in [-0.2, -0.15) is 0 Å². The maximum atomic E-state index is 5.98. The van der Waals surface area contributed by atoms with Crippen LogP contribution < -0.4 is 15.8 Å². The molecule has 2 aromatic rings. The number of nitrogens with one attached hydrogen (secondary N) is 1. The molecule has 1 aliphatic carbocycles. The molecule has 4 rings (SSSR count). The van der Waals surface area contributed by atoms with Gasteiger partial charge < -0.3 is 20.2 Å². The number of nitrogens with zero attached hydrogens (tertiary/aromatic N) is 2. The van der Waals surface area contributed by atoms with E-state index in [0.29, 0.717) is 35.3 Å². The van der Waals surface area contributed by atoms with Crippen LogP contribution in [-0.4, -0.2) is 22.8 Å². The smallest absolute Gasteiger partial charge is 0.258 e. The lowest BCUT2D eigenvalue weighted by Crippen LogP contribution is -2.25. The molecule has 0 radical (unpaired) electrons. The Morgan fingerprint density at radius 2 is 1.91 bits per heavy atom. The van der Waals surface area contributed by atoms with E-state index in [-0.39, 0.29) is 6.10 Å². The third-order valence-electron chi connectivity index (χ3n) is 4.54. The van der Waals surface area contributed by atoms with Crippen molar-refractivity contribution in [2.45, 2.75) is 43.7 Å². The van der Waals surface area contributed by atoms with Crippen molar-refractivity contribution in [3.05, 3.63) is 35.0 Å². The van der Waals surface area contributed by atoms with Gasteiger partial charge in [0.1, 0.15) is 5.75 Å². The lowest BCUT2D eigenvalue weighted by atomic mass is 9.86. The molecule has 1 unspecified atom stereocenters. The Morgan fingerprint density at radius 3 is 2.74 bits per heavy atom. The first-order chi connectivity index (χ1) is 11.2. The van der Waals surface area contributed by atoms with E-state index in [1.54, 1.807) is 6.07 Å². The maximum absolute atomic E-state index is 5.98. The number of halogens is 1. The molecule has 1 saturated carbocycles. The fourth-order valence-electron chi connectivity index (χ4n) is 3.19. The summed E-state index contributed by atoms with van der Waals surface area (Å²) < 4.78 is 11.8. The minimum atomic E-state index is -0.282. The van der Waals surface area contributed by atoms with Gasteiger partial charge in [-0.3, -0.25) is 0 Å². The molecule has 2 heterocycles. The highest BCUT2D eigenvalue weighted by Gasteiger charge is 2.29. The van der Waals surface area contributed by atoms with E-state index in [4.69, 9.17) is 26.5 Å². The predicted octanol–water partition coefficient (Wildman–Crippen LogP) is 3.25. The second-order valence-corrected chi connectivity index (χ2v) is 6.65. The van der Waals surface area contributed by atoms with Crippen molar-refractivity contribution in [3.63, 3.8) is 0 Å². The van der Waals surface area contributed by atoms with Crippen molar-refractivity contribution in [1.82, 2.24) is 10.2 Å². The van der Waals surface area contributed by atoms with Gasteiger partial charge in [0.25, 0.3) is 5.89 Å². The number of hydrogen-bond donors (Lipinski definition) is 2. The van der Waals surface area contributed by atoms with Crippen LogP contribution in [-0.2, 0) is 0 Å². The molecule has 0 saturated heterocycles. The molecule has 7 heteroatoms. The summed E-state index contributed by atoms with van der Waals surface area (Å²) in [5, 5.41) is 12.4. The summed E-state index contributed by atoms with van der Waals surface area (Å²) in [5.41, 5.74) is 6.83. The molecule has 1 fully saturated rings. The molecule has 23 heavy (non-hydrogen) atoms. The predicted molar refractivity (Wildman–Crippen MR) is 86.8 cm³/mol. The van der Waals surface area contributed by atoms with E-state index in [9.17, 15) is 0 Å². The third kappa shape index (κ3) is 3.01. The Labute approximate surface area is 139 Å². The van der Waals surface area contributed by atoms with Crippen molar-refractivity contribution in [2.24, 2.45) is 5.73 Å². The van der Waals surface area contributed by atoms with Crippen LogP contribution in [0.1, 0.15) is 49.5 Å². The second-order valence-electron chi connectivity index (χ2n) is 6.22. The molecule has 6 nitrogen and oxygen atoms in total. The van der Waals surface area contributed by atoms with E-state index in [0.717, 1.165) is 37.1 Å². The highest BCUT2D eigenvalue weighted by molar-refractivity contribution is 6.30. The molecular formula is C16H19ClN4O2. The molecule has 3 N–H and O–H groups in total. The number of rotatable bonds is 2. The van der Waals surface area contributed by atoms with E-state index in [1.165, 1.54) is 0 Å². The first kappa shape index (κ1) is 14.8. The van der Waals surface area contributed by atoms with Crippen molar-refractivity contribution < 1.29 is 9.15 Å². The average molecular weight is 335 g/mol. The standard InChI is InChI=1S/C16H19ClN4O2/c17-10-3-6-13-12(7-10)19-8-14(22-13)16-21-20-15(23-16)9-1-4-11(18)5-2-9/h3,6-7,9,11,14,19H,1-2,4-5,8,18H2. The van der Waals surface area contributed by atoms with Gasteiger partial charge in [0, 0.05) is 17.0 Å². The van der Waals surface area contributed by atoms with Crippen molar-refractivity contribution >= 4 is 17.3 Å². The van der Waals surface area contributed by atoms with Gasteiger partial charge in [0.2, 0.25) is 5.89 Å². The first-order valence-electron chi connectivity index (χ1n) is 7.98. The van der Waals surface area contributed by atoms with Gasteiger partial charge in [-0.15, -0.1) is 10.2 Å². The van der Waals surface area contributed by atoms with Gasteiger partial charge in [-0.25, -0.2) is 0 Å². The Kier molecular flexibility index (Phi) is 3.87. The summed E-state index contributed by atoms with van der Waals surface area (Å²) in [7, 11) is 0. The molecule has 0 amide bonds. The van der Waals surface area contributed by atoms with E-state index < -0.39 is 0 Å². The molecule has 1 atom stereocenters. The molecule has 1 aliphatic heterocycles. The number of hydrogen-bond acceptors (Lipinski definition) is 6. The van der Waals surface area contributed by atoms with Crippen LogP contribution in [0.5, 0.6) is 5.75 Å². The first-order valence-corrected chi connectivity index (χ1v) is 8.36. The summed E-state index contributed by atoms with van der Waals surface area (Å²) in [4.78, 5) is 0. The minimum Gasteiger partial charge on any atom is -0.477 e. The van der Waals surface area contributed by atoms with Gasteiger partial charge in [0.05, 0.1) is 12.2 Å². The Hall–Kier alpha value is -1.79. The highest BCUT2D eigenvalue weighted by atomic mass is 35.5. The van der Waals surface area contributed by atoms with Gasteiger partial charge in [-0.1, -0.05) is 11.6 Å². The van der Waals surface area contributed by atoms with Crippen LogP contribution in [0.15, 0.2) is 22.6 Å². The average Bonchev–Trinajstić information content (AvgIpc) is 3.05. The third-order valence-corrected chi connectivity index (χ3v) is 4.78. The zero-order chi connectivity index (χ0) is 15.8. The van der Waals surface area contributed by atoms with Crippen molar-refractivity contribution in [3.8, 4) is 5.75 Å². The zero-order valence-electron chi connectivity index (χ0n) is 12.7. The van der Waals surface area contributed by atoms with Crippen LogP contribution in [0.4, 0.5) is 5.69 Å². The van der Waals surface area contributed by atoms with Crippen molar-refractivity contribution in [1.29, 1.82) is 0 Å². The normalized spacial score (nSPS) is 27.0. The monoisotopic (exact) mass is 334 g/mol. The number of anilines is 1. The fraction of sp³-hybridized carbons (Fsp3) is 0.500. The fourth-order valence-corrected chi connectivity index (χ4v) is 3.36. The molecular weight excluding hydrogens is 316 g/mol. The van der Waals surface area contributed by atoms with E-state index >= 15 is 0 Å². The molecule has 122 valence electrons. The summed E-state index contributed by atoms with van der Waals surface area (Å²) >= 11 is 5.98. The number of nitrogens with two attached hydrogens (primary N) is 1. The van der Waals surface area contributed by atoms with Crippen LogP contribution in [0, 0.1) is 0 Å². The molecule has 1 aromatic carbocycles. The van der Waals surface area contributed by atoms with Gasteiger partial charge in [-0.05, 0) is 43.9 Å². The van der Waals surface area contributed by atoms with E-state index in [2.05, 4.69) is 15.5 Å². The quantitative estimate of drug-likeness (QED) is 0.876. The Morgan fingerprint density at radius 1 is 1.13 bits per heavy atom.